The molecule has 10 atom stereocenters. The van der Waals surface area contributed by atoms with Crippen LogP contribution in [0.25, 0.3) is 0 Å². The number of carbonyl (C=O) groups is 2. The van der Waals surface area contributed by atoms with Gasteiger partial charge in [0.1, 0.15) is 0 Å². The van der Waals surface area contributed by atoms with Gasteiger partial charge >= 0.3 is 11.9 Å². The summed E-state index contributed by atoms with van der Waals surface area (Å²) < 4.78 is 0. The van der Waals surface area contributed by atoms with Crippen LogP contribution in [0, 0.1) is 72.7 Å². The molecule has 252 valence electrons. The predicted molar refractivity (Wildman–Crippen MR) is 178 cm³/mol. The fourth-order valence-corrected chi connectivity index (χ4v) is 13.7. The van der Waals surface area contributed by atoms with Crippen LogP contribution in [0.15, 0.2) is 30.4 Å². The Morgan fingerprint density at radius 1 is 0.913 bits per heavy atom. The molecule has 0 saturated heterocycles. The average Bonchev–Trinajstić information content (AvgIpc) is 3.34. The minimum Gasteiger partial charge on any atom is -0.481 e. The molecule has 0 aromatic heterocycles. The molecule has 7 heteroatoms. The Bertz CT molecular complexity index is 1430. The second-order valence-corrected chi connectivity index (χ2v) is 17.7. The number of nitro benzene ring substituents is 1. The van der Waals surface area contributed by atoms with Gasteiger partial charge in [0.05, 0.1) is 10.5 Å². The van der Waals surface area contributed by atoms with E-state index in [1.807, 2.05) is 0 Å². The highest BCUT2D eigenvalue weighted by Gasteiger charge is 2.71. The van der Waals surface area contributed by atoms with E-state index in [-0.39, 0.29) is 50.7 Å². The number of aromatic carboxylic acids is 1. The van der Waals surface area contributed by atoms with Crippen LogP contribution >= 0.6 is 0 Å². The lowest BCUT2D eigenvalue weighted by Gasteiger charge is -2.73. The Hall–Kier alpha value is -2.70. The van der Waals surface area contributed by atoms with E-state index in [1.165, 1.54) is 23.8 Å². The van der Waals surface area contributed by atoms with Crippen LogP contribution in [0.4, 0.5) is 5.69 Å². The van der Waals surface area contributed by atoms with Gasteiger partial charge in [-0.2, -0.15) is 0 Å². The van der Waals surface area contributed by atoms with E-state index in [0.717, 1.165) is 64.2 Å². The smallest absolute Gasteiger partial charge is 0.336 e. The molecular weight excluding hydrogens is 578 g/mol. The van der Waals surface area contributed by atoms with Crippen molar-refractivity contribution in [1.29, 1.82) is 0 Å². The Labute approximate surface area is 274 Å². The normalized spacial score (nSPS) is 42.6. The van der Waals surface area contributed by atoms with Crippen molar-refractivity contribution in [3.63, 3.8) is 0 Å². The summed E-state index contributed by atoms with van der Waals surface area (Å²) in [6.45, 7) is 19.0. The average molecular weight is 634 g/mol. The number of nitrogens with zero attached hydrogens (tertiary/aromatic N) is 1. The van der Waals surface area contributed by atoms with Crippen LogP contribution in [0.1, 0.15) is 128 Å². The third-order valence-corrected chi connectivity index (χ3v) is 16.0. The van der Waals surface area contributed by atoms with E-state index in [9.17, 15) is 29.9 Å². The van der Waals surface area contributed by atoms with Crippen molar-refractivity contribution in [3.05, 3.63) is 51.6 Å². The fourth-order valence-electron chi connectivity index (χ4n) is 13.7. The third-order valence-electron chi connectivity index (χ3n) is 16.0. The maximum atomic E-state index is 12.4. The summed E-state index contributed by atoms with van der Waals surface area (Å²) in [7, 11) is 0. The molecule has 0 heterocycles. The molecule has 5 aliphatic carbocycles. The van der Waals surface area contributed by atoms with Gasteiger partial charge in [0.2, 0.25) is 0 Å². The quantitative estimate of drug-likeness (QED) is 0.175. The molecule has 1 aromatic rings. The van der Waals surface area contributed by atoms with E-state index in [0.29, 0.717) is 41.6 Å². The van der Waals surface area contributed by atoms with Gasteiger partial charge < -0.3 is 10.2 Å². The molecule has 0 spiro atoms. The molecule has 0 bridgehead atoms. The zero-order valence-electron chi connectivity index (χ0n) is 28.9. The van der Waals surface area contributed by atoms with Gasteiger partial charge in [-0.15, -0.1) is 0 Å². The number of fused-ring (bicyclic) bond motifs is 7. The Balaban J connectivity index is 1.39. The largest absolute Gasteiger partial charge is 0.481 e. The van der Waals surface area contributed by atoms with Gasteiger partial charge in [-0.1, -0.05) is 52.8 Å². The van der Waals surface area contributed by atoms with Crippen molar-refractivity contribution in [3.8, 4) is 0 Å². The Morgan fingerprint density at radius 3 is 2.26 bits per heavy atom. The summed E-state index contributed by atoms with van der Waals surface area (Å²) in [5.41, 5.74) is 1.77. The molecule has 5 saturated carbocycles. The zero-order valence-corrected chi connectivity index (χ0v) is 28.9. The minimum absolute atomic E-state index is 0.0189. The van der Waals surface area contributed by atoms with Gasteiger partial charge in [0, 0.05) is 18.1 Å². The number of rotatable bonds is 7. The zero-order chi connectivity index (χ0) is 33.6. The first kappa shape index (κ1) is 33.2. The van der Waals surface area contributed by atoms with Crippen molar-refractivity contribution in [2.75, 3.05) is 0 Å². The summed E-state index contributed by atoms with van der Waals surface area (Å²) in [5.74, 6) is 0.593. The fraction of sp³-hybridized carbons (Fsp3) is 0.744. The molecule has 6 rings (SSSR count). The number of hydrogen-bond donors (Lipinski definition) is 2. The monoisotopic (exact) mass is 633 g/mol. The molecule has 2 N–H and O–H groups in total. The second kappa shape index (κ2) is 10.9. The lowest BCUT2D eigenvalue weighted by Crippen LogP contribution is -2.66. The van der Waals surface area contributed by atoms with Gasteiger partial charge in [-0.05, 0) is 146 Å². The number of allylic oxidation sites excluding steroid dienone is 1. The first-order valence-corrected chi connectivity index (χ1v) is 17.8. The van der Waals surface area contributed by atoms with Crippen LogP contribution in [0.3, 0.4) is 0 Å². The van der Waals surface area contributed by atoms with Crippen molar-refractivity contribution in [2.24, 2.45) is 62.6 Å². The molecule has 0 aliphatic heterocycles. The lowest BCUT2D eigenvalue weighted by molar-refractivity contribution is -0.385. The number of carboxylic acid groups (broad SMARTS) is 2. The standard InChI is InChI=1S/C39H55NO6/c1-23(2)25-14-18-39(22-27-26(34(43)44)9-8-10-29(27)40(45)46)20-19-37(6)28(33(25)39)11-12-31-36(5)16-13-24(21-32(41)42)35(3,4)30(36)15-17-38(31,37)7/h8-10,24-25,28,30-31,33H,1,11-22H2,2-7H3,(H,41,42)(H,43,44)/t24?,25-,28+,30-,31+,33+,36-,37+,38+,39+/m0/s1. The molecule has 1 unspecified atom stereocenters. The van der Waals surface area contributed by atoms with Crippen molar-refractivity contribution in [2.45, 2.75) is 119 Å². The van der Waals surface area contributed by atoms with E-state index in [2.05, 4.69) is 48.1 Å². The Morgan fingerprint density at radius 2 is 1.63 bits per heavy atom. The first-order chi connectivity index (χ1) is 21.4. The highest BCUT2D eigenvalue weighted by Crippen LogP contribution is 2.78. The van der Waals surface area contributed by atoms with Gasteiger partial charge in [0.15, 0.2) is 0 Å². The van der Waals surface area contributed by atoms with E-state index in [4.69, 9.17) is 0 Å². The summed E-state index contributed by atoms with van der Waals surface area (Å²) >= 11 is 0. The molecule has 46 heavy (non-hydrogen) atoms. The number of benzene rings is 1. The molecule has 7 nitrogen and oxygen atoms in total. The van der Waals surface area contributed by atoms with E-state index in [1.54, 1.807) is 0 Å². The summed E-state index contributed by atoms with van der Waals surface area (Å²) in [4.78, 5) is 36.0. The summed E-state index contributed by atoms with van der Waals surface area (Å²) in [6, 6.07) is 4.51. The number of hydrogen-bond acceptors (Lipinski definition) is 4. The molecule has 0 radical (unpaired) electrons. The van der Waals surface area contributed by atoms with Crippen LogP contribution in [0.2, 0.25) is 0 Å². The highest BCUT2D eigenvalue weighted by atomic mass is 16.6. The highest BCUT2D eigenvalue weighted by molar-refractivity contribution is 5.90. The van der Waals surface area contributed by atoms with Gasteiger partial charge in [0.25, 0.3) is 5.69 Å². The maximum absolute atomic E-state index is 12.4. The number of aliphatic carboxylic acids is 1. The van der Waals surface area contributed by atoms with Crippen LogP contribution in [-0.2, 0) is 11.2 Å². The summed E-state index contributed by atoms with van der Waals surface area (Å²) in [6.07, 6.45) is 11.3. The number of nitro groups is 1. The molecule has 1 aromatic carbocycles. The Kier molecular flexibility index (Phi) is 7.88. The molecule has 5 aliphatic rings. The van der Waals surface area contributed by atoms with Crippen molar-refractivity contribution < 1.29 is 24.7 Å². The SMILES string of the molecule is C=C(C)[C@@H]1CC[C@]2(Cc3c(C(=O)O)cccc3[N+](=O)[O-])CC[C@]3(C)[C@H](CC[C@@H]4[C@@]5(C)CCC(CC(=O)O)C(C)(C)[C@@H]5CC[C@]43C)[C@@H]12. The number of carboxylic acids is 2. The van der Waals surface area contributed by atoms with Crippen molar-refractivity contribution in [1.82, 2.24) is 0 Å². The topological polar surface area (TPSA) is 118 Å². The molecule has 5 fully saturated rings. The first-order valence-electron chi connectivity index (χ1n) is 17.8. The van der Waals surface area contributed by atoms with E-state index < -0.39 is 16.9 Å². The van der Waals surface area contributed by atoms with Crippen LogP contribution in [-0.4, -0.2) is 27.1 Å². The molecular formula is C39H55NO6. The lowest BCUT2D eigenvalue weighted by atomic mass is 9.31. The van der Waals surface area contributed by atoms with E-state index >= 15 is 0 Å². The van der Waals surface area contributed by atoms with Gasteiger partial charge in [-0.25, -0.2) is 4.79 Å². The summed E-state index contributed by atoms with van der Waals surface area (Å²) in [5, 5.41) is 32.0. The van der Waals surface area contributed by atoms with Crippen molar-refractivity contribution >= 4 is 17.6 Å². The predicted octanol–water partition coefficient (Wildman–Crippen LogP) is 9.58. The minimum atomic E-state index is -1.10. The molecule has 0 amide bonds. The van der Waals surface area contributed by atoms with Gasteiger partial charge in [-0.3, -0.25) is 14.9 Å². The van der Waals surface area contributed by atoms with Crippen LogP contribution < -0.4 is 0 Å². The van der Waals surface area contributed by atoms with Crippen LogP contribution in [0.5, 0.6) is 0 Å². The second-order valence-electron chi connectivity index (χ2n) is 17.7. The maximum Gasteiger partial charge on any atom is 0.336 e. The third kappa shape index (κ3) is 4.56.